The van der Waals surface area contributed by atoms with E-state index in [0.29, 0.717) is 19.5 Å². The predicted molar refractivity (Wildman–Crippen MR) is 72.8 cm³/mol. The number of carbonyl (C=O) groups excluding carboxylic acids is 2. The lowest BCUT2D eigenvalue weighted by Crippen LogP contribution is -2.48. The van der Waals surface area contributed by atoms with Gasteiger partial charge < -0.3 is 9.64 Å². The van der Waals surface area contributed by atoms with Crippen molar-refractivity contribution in [3.05, 3.63) is 12.2 Å². The number of likely N-dealkylation sites (tertiary alicyclic amines) is 1. The minimum absolute atomic E-state index is 0.0321. The van der Waals surface area contributed by atoms with Gasteiger partial charge in [-0.05, 0) is 39.2 Å². The maximum atomic E-state index is 12.0. The molecular formula is C15H23NO3. The van der Waals surface area contributed by atoms with Crippen molar-refractivity contribution in [2.45, 2.75) is 46.1 Å². The number of rotatable bonds is 0. The maximum absolute atomic E-state index is 12.0. The van der Waals surface area contributed by atoms with E-state index in [1.165, 1.54) is 0 Å². The number of allylic oxidation sites excluding steroid dienone is 2. The molecule has 0 N–H and O–H groups in total. The van der Waals surface area contributed by atoms with Gasteiger partial charge >= 0.3 is 6.09 Å². The van der Waals surface area contributed by atoms with Crippen LogP contribution in [0.5, 0.6) is 0 Å². The van der Waals surface area contributed by atoms with Crippen molar-refractivity contribution in [1.29, 1.82) is 0 Å². The fraction of sp³-hybridized carbons (Fsp3) is 0.733. The molecule has 2 rings (SSSR count). The first-order chi connectivity index (χ1) is 8.72. The minimum Gasteiger partial charge on any atom is -0.444 e. The van der Waals surface area contributed by atoms with E-state index in [-0.39, 0.29) is 23.2 Å². The molecular weight excluding hydrogens is 242 g/mol. The van der Waals surface area contributed by atoms with Crippen LogP contribution in [0.2, 0.25) is 0 Å². The fourth-order valence-corrected chi connectivity index (χ4v) is 2.90. The van der Waals surface area contributed by atoms with E-state index >= 15 is 0 Å². The zero-order chi connectivity index (χ0) is 14.3. The predicted octanol–water partition coefficient (Wildman–Crippen LogP) is 2.78. The number of nitrogens with zero attached hydrogens (tertiary/aromatic N) is 1. The van der Waals surface area contributed by atoms with Crippen molar-refractivity contribution in [1.82, 2.24) is 4.90 Å². The monoisotopic (exact) mass is 265 g/mol. The summed E-state index contributed by atoms with van der Waals surface area (Å²) in [6.45, 7) is 9.05. The highest BCUT2D eigenvalue weighted by Gasteiger charge is 2.44. The van der Waals surface area contributed by atoms with Crippen molar-refractivity contribution < 1.29 is 14.3 Å². The third kappa shape index (κ3) is 2.99. The molecule has 0 aromatic heterocycles. The number of ketones is 1. The Morgan fingerprint density at radius 3 is 2.63 bits per heavy atom. The van der Waals surface area contributed by atoms with Crippen molar-refractivity contribution in [3.8, 4) is 0 Å². The lowest BCUT2D eigenvalue weighted by Gasteiger charge is -2.43. The second-order valence-corrected chi connectivity index (χ2v) is 6.79. The molecule has 4 nitrogen and oxygen atoms in total. The van der Waals surface area contributed by atoms with Crippen LogP contribution in [0.15, 0.2) is 12.2 Å². The smallest absolute Gasteiger partial charge is 0.410 e. The molecule has 2 aliphatic rings. The molecule has 0 aromatic carbocycles. The van der Waals surface area contributed by atoms with Gasteiger partial charge in [-0.2, -0.15) is 0 Å². The normalized spacial score (nSPS) is 31.1. The van der Waals surface area contributed by atoms with Gasteiger partial charge in [-0.25, -0.2) is 4.79 Å². The lowest BCUT2D eigenvalue weighted by molar-refractivity contribution is -0.116. The summed E-state index contributed by atoms with van der Waals surface area (Å²) in [5.74, 6) is 0.494. The number of carbonyl (C=O) groups is 2. The van der Waals surface area contributed by atoms with Gasteiger partial charge in [0.2, 0.25) is 0 Å². The van der Waals surface area contributed by atoms with Crippen LogP contribution in [0.4, 0.5) is 4.79 Å². The van der Waals surface area contributed by atoms with Crippen LogP contribution in [-0.4, -0.2) is 35.5 Å². The number of ether oxygens (including phenoxy) is 1. The minimum atomic E-state index is -0.460. The third-order valence-electron chi connectivity index (χ3n) is 4.08. The quantitative estimate of drug-likeness (QED) is 0.676. The zero-order valence-corrected chi connectivity index (χ0v) is 12.2. The Morgan fingerprint density at radius 2 is 2.16 bits per heavy atom. The topological polar surface area (TPSA) is 46.6 Å². The highest BCUT2D eigenvalue weighted by molar-refractivity contribution is 5.93. The molecule has 1 aliphatic heterocycles. The molecule has 0 saturated carbocycles. The summed E-state index contributed by atoms with van der Waals surface area (Å²) < 4.78 is 5.40. The van der Waals surface area contributed by atoms with E-state index in [1.807, 2.05) is 26.8 Å². The van der Waals surface area contributed by atoms with E-state index in [1.54, 1.807) is 11.0 Å². The van der Waals surface area contributed by atoms with Crippen molar-refractivity contribution in [2.75, 3.05) is 13.1 Å². The number of hydrogen-bond donors (Lipinski definition) is 0. The average Bonchev–Trinajstić information content (AvgIpc) is 2.63. The summed E-state index contributed by atoms with van der Waals surface area (Å²) in [4.78, 5) is 25.3. The average molecular weight is 265 g/mol. The Morgan fingerprint density at radius 1 is 1.47 bits per heavy atom. The van der Waals surface area contributed by atoms with Crippen molar-refractivity contribution >= 4 is 11.9 Å². The number of amides is 1. The molecule has 1 saturated heterocycles. The molecule has 0 radical (unpaired) electrons. The number of piperidine rings is 1. The highest BCUT2D eigenvalue weighted by atomic mass is 16.6. The first-order valence-electron chi connectivity index (χ1n) is 6.92. The van der Waals surface area contributed by atoms with Crippen LogP contribution >= 0.6 is 0 Å². The van der Waals surface area contributed by atoms with Crippen LogP contribution in [0.3, 0.4) is 0 Å². The molecule has 0 bridgehead atoms. The largest absolute Gasteiger partial charge is 0.444 e. The van der Waals surface area contributed by atoms with Gasteiger partial charge in [0, 0.05) is 24.9 Å². The van der Waals surface area contributed by atoms with Crippen LogP contribution < -0.4 is 0 Å². The van der Waals surface area contributed by atoms with Gasteiger partial charge in [-0.3, -0.25) is 4.79 Å². The van der Waals surface area contributed by atoms with E-state index in [0.717, 1.165) is 6.42 Å². The van der Waals surface area contributed by atoms with Gasteiger partial charge in [0.15, 0.2) is 5.78 Å². The molecule has 19 heavy (non-hydrogen) atoms. The summed E-state index contributed by atoms with van der Waals surface area (Å²) >= 11 is 0. The van der Waals surface area contributed by atoms with Crippen molar-refractivity contribution in [2.24, 2.45) is 11.3 Å². The molecule has 1 aliphatic carbocycles. The summed E-state index contributed by atoms with van der Waals surface area (Å²) in [5, 5.41) is 0. The van der Waals surface area contributed by atoms with Crippen molar-refractivity contribution in [3.63, 3.8) is 0 Å². The standard InChI is InChI=1S/C15H23NO3/c1-11-10-16(13(18)19-14(2,3)4)8-7-15(11)6-5-12(17)9-15/h5-6,11H,7-10H2,1-4H3. The van der Waals surface area contributed by atoms with Gasteiger partial charge in [-0.1, -0.05) is 13.0 Å². The third-order valence-corrected chi connectivity index (χ3v) is 4.08. The maximum Gasteiger partial charge on any atom is 0.410 e. The summed E-state index contributed by atoms with van der Waals surface area (Å²) in [6.07, 6.45) is 4.93. The highest BCUT2D eigenvalue weighted by Crippen LogP contribution is 2.44. The van der Waals surface area contributed by atoms with Gasteiger partial charge in [0.25, 0.3) is 0 Å². The molecule has 0 aromatic rings. The second-order valence-electron chi connectivity index (χ2n) is 6.79. The van der Waals surface area contributed by atoms with Gasteiger partial charge in [0.05, 0.1) is 0 Å². The fourth-order valence-electron chi connectivity index (χ4n) is 2.90. The molecule has 1 fully saturated rings. The Hall–Kier alpha value is -1.32. The molecule has 1 amide bonds. The molecule has 1 spiro atoms. The Balaban J connectivity index is 1.99. The number of hydrogen-bond acceptors (Lipinski definition) is 3. The molecule has 2 atom stereocenters. The molecule has 2 unspecified atom stereocenters. The van der Waals surface area contributed by atoms with E-state index in [9.17, 15) is 9.59 Å². The first-order valence-corrected chi connectivity index (χ1v) is 6.92. The van der Waals surface area contributed by atoms with Gasteiger partial charge in [0.1, 0.15) is 5.60 Å². The molecule has 4 heteroatoms. The Bertz CT molecular complexity index is 422. The first kappa shape index (κ1) is 14.1. The lowest BCUT2D eigenvalue weighted by atomic mass is 9.71. The van der Waals surface area contributed by atoms with E-state index in [4.69, 9.17) is 4.74 Å². The van der Waals surface area contributed by atoms with Crippen LogP contribution in [0, 0.1) is 11.3 Å². The SMILES string of the molecule is CC1CN(C(=O)OC(C)(C)C)CCC12C=CC(=O)C2. The summed E-state index contributed by atoms with van der Waals surface area (Å²) in [7, 11) is 0. The Kier molecular flexibility index (Phi) is 3.45. The van der Waals surface area contributed by atoms with Crippen LogP contribution in [0.1, 0.15) is 40.5 Å². The summed E-state index contributed by atoms with van der Waals surface area (Å²) in [6, 6.07) is 0. The molecule has 106 valence electrons. The van der Waals surface area contributed by atoms with Crippen LogP contribution in [-0.2, 0) is 9.53 Å². The van der Waals surface area contributed by atoms with Crippen LogP contribution in [0.25, 0.3) is 0 Å². The van der Waals surface area contributed by atoms with Gasteiger partial charge in [-0.15, -0.1) is 0 Å². The van der Waals surface area contributed by atoms with E-state index in [2.05, 4.69) is 6.92 Å². The Labute approximate surface area is 114 Å². The van der Waals surface area contributed by atoms with E-state index < -0.39 is 5.60 Å². The summed E-state index contributed by atoms with van der Waals surface area (Å²) in [5.41, 5.74) is -0.492. The second kappa shape index (κ2) is 4.66. The zero-order valence-electron chi connectivity index (χ0n) is 12.2. The molecule has 1 heterocycles.